The van der Waals surface area contributed by atoms with Crippen LogP contribution in [0.5, 0.6) is 0 Å². The first-order valence-corrected chi connectivity index (χ1v) is 19.2. The summed E-state index contributed by atoms with van der Waals surface area (Å²) < 4.78 is 532. The Morgan fingerprint density at radius 2 is 1.21 bits per heavy atom. The number of nitrogens with one attached hydrogen (secondary N) is 1. The Bertz CT molecular complexity index is 3770. The quantitative estimate of drug-likeness (QED) is 0.0517. The van der Waals surface area contributed by atoms with Gasteiger partial charge in [0.1, 0.15) is 29.9 Å². The van der Waals surface area contributed by atoms with Gasteiger partial charge < -0.3 is 29.7 Å². The second-order valence-corrected chi connectivity index (χ2v) is 13.0. The van der Waals surface area contributed by atoms with E-state index < -0.39 is 258 Å². The van der Waals surface area contributed by atoms with Crippen molar-refractivity contribution in [2.75, 3.05) is 19.8 Å². The maximum absolute atomic E-state index is 14.4. The van der Waals surface area contributed by atoms with Gasteiger partial charge in [-0.05, 0) is 51.7 Å². The van der Waals surface area contributed by atoms with Crippen molar-refractivity contribution in [3.05, 3.63) is 0 Å². The Morgan fingerprint density at radius 1 is 0.754 bits per heavy atom. The number of likely N-dealkylation sites (N-methyl/N-ethyl adjacent to an activating group) is 1. The monoisotopic (exact) mass is 945 g/mol. The molecule has 61 heavy (non-hydrogen) atoms. The van der Waals surface area contributed by atoms with Crippen LogP contribution in [0.1, 0.15) is 310 Å². The molecule has 0 saturated carbocycles. The van der Waals surface area contributed by atoms with E-state index in [1.807, 2.05) is 0 Å². The minimum atomic E-state index is -5.45. The number of ether oxygens (including phenoxy) is 3. The van der Waals surface area contributed by atoms with Crippen LogP contribution in [0.15, 0.2) is 0 Å². The van der Waals surface area contributed by atoms with Gasteiger partial charge in [0, 0.05) is 104 Å². The van der Waals surface area contributed by atoms with Gasteiger partial charge in [0.15, 0.2) is 6.10 Å². The van der Waals surface area contributed by atoms with Gasteiger partial charge in [0.05, 0.1) is 12.1 Å². The molecule has 0 radical (unpaired) electrons. The van der Waals surface area contributed by atoms with Crippen molar-refractivity contribution in [3.8, 4) is 0 Å². The lowest BCUT2D eigenvalue weighted by atomic mass is 9.91. The predicted octanol–water partition coefficient (Wildman–Crippen LogP) is 11.2. The van der Waals surface area contributed by atoms with Gasteiger partial charge in [-0.2, -0.15) is 0 Å². The average Bonchev–Trinajstić information content (AvgIpc) is 0.761. The highest BCUT2D eigenvalue weighted by atomic mass is 32.2. The first-order valence-electron chi connectivity index (χ1n) is 48.9. The van der Waals surface area contributed by atoms with Crippen LogP contribution in [0, 0.1) is 5.92 Å². The van der Waals surface area contributed by atoms with Gasteiger partial charge in [-0.15, -0.1) is 11.8 Å². The van der Waals surface area contributed by atoms with Gasteiger partial charge in [-0.3, -0.25) is 19.3 Å². The van der Waals surface area contributed by atoms with Crippen LogP contribution >= 0.6 is 11.8 Å². The van der Waals surface area contributed by atoms with Gasteiger partial charge in [0.2, 0.25) is 5.91 Å². The summed E-state index contributed by atoms with van der Waals surface area (Å²) in [6.07, 6.45) is -157. The van der Waals surface area contributed by atoms with E-state index in [9.17, 15) is 24.6 Å². The largest absolute Gasteiger partial charge is 0.460 e. The minimum Gasteiger partial charge on any atom is -0.460 e. The van der Waals surface area contributed by atoms with E-state index in [4.69, 9.17) is 99.2 Å². The Labute approximate surface area is 465 Å². The SMILES string of the molecule is [2H]C([2H])([2H])C([2H])([2H])C([2H])([2H])C([2H])([2H])C([2H])([2H])C([2H])([2H])C([2H])([2H])C([2H])([2H])C([2H])([2H])C([2H])([2H])C([2H])([2H])C([2H])([2H])C([2H])([2H])C([2H])([2H])C([2H])([2H])C(=O)O[C@@H](C)[C@@H](NC(=O)C1C[C@@H](CCC)CN1C)[C@H]1O[C@H](SC)[C@@H](OC(=O)C([2H])([2H])C([2H])([2H])C([2H])([2H])C([2H])([2H])C([2H])([2H])C([2H])([2H])C([2H])([2H])C([2H])([2H])C([2H])([2H])C([2H])([2H])C([2H])([2H])C([2H])([2H])C([2H])([2H])C([2H])([2H])C([2H])([2H])[2H])C(O)[C@H]1O. The summed E-state index contributed by atoms with van der Waals surface area (Å²) >= 11 is 0.229. The third kappa shape index (κ3) is 23.4. The number of aliphatic hydroxyl groups excluding tert-OH is 2. The van der Waals surface area contributed by atoms with Crippen LogP contribution in [0.2, 0.25) is 0 Å². The molecule has 0 aliphatic carbocycles. The second kappa shape index (κ2) is 34.9. The smallest absolute Gasteiger partial charge is 0.306 e. The van der Waals surface area contributed by atoms with E-state index in [0.717, 1.165) is 6.26 Å². The molecule has 0 aromatic rings. The molecule has 2 fully saturated rings. The molecule has 2 saturated heterocycles. The van der Waals surface area contributed by atoms with Crippen LogP contribution in [0.3, 0.4) is 0 Å². The molecular formula is C50H94N2O8S. The topological polar surface area (TPSA) is 135 Å². The van der Waals surface area contributed by atoms with Crippen LogP contribution < -0.4 is 5.32 Å². The highest BCUT2D eigenvalue weighted by molar-refractivity contribution is 7.99. The van der Waals surface area contributed by atoms with Gasteiger partial charge >= 0.3 is 11.9 Å². The number of aliphatic hydroxyl groups is 2. The number of carbonyl (C=O) groups excluding carboxylic acids is 3. The molecule has 1 amide bonds. The zero-order valence-electron chi connectivity index (χ0n) is 95.2. The summed E-state index contributed by atoms with van der Waals surface area (Å²) in [6, 6.07) is -3.66. The third-order valence-electron chi connectivity index (χ3n) is 7.98. The fourth-order valence-electron chi connectivity index (χ4n) is 5.51. The lowest BCUT2D eigenvalue weighted by molar-refractivity contribution is -0.224. The Morgan fingerprint density at radius 3 is 1.67 bits per heavy atom. The predicted molar refractivity (Wildman–Crippen MR) is 252 cm³/mol. The molecule has 2 aliphatic rings. The van der Waals surface area contributed by atoms with Crippen molar-refractivity contribution in [2.45, 2.75) is 273 Å². The number of likely N-dealkylation sites (tertiary alicyclic amines) is 1. The number of nitrogens with zero attached hydrogens (tertiary/aromatic N) is 1. The molecule has 2 unspecified atom stereocenters. The van der Waals surface area contributed by atoms with Gasteiger partial charge in [-0.1, -0.05) is 180 Å². The van der Waals surface area contributed by atoms with E-state index >= 15 is 0 Å². The van der Waals surface area contributed by atoms with Gasteiger partial charge in [-0.25, -0.2) is 0 Å². The summed E-state index contributed by atoms with van der Waals surface area (Å²) in [5.41, 5.74) is -2.27. The Kier molecular flexibility index (Phi) is 7.80. The molecule has 3 N–H and O–H groups in total. The van der Waals surface area contributed by atoms with E-state index in [2.05, 4.69) is 5.32 Å². The van der Waals surface area contributed by atoms with Crippen molar-refractivity contribution in [1.29, 1.82) is 0 Å². The Balaban J connectivity index is 2.89. The summed E-state index contributed by atoms with van der Waals surface area (Å²) in [4.78, 5) is 44.5. The number of hydrogen-bond acceptors (Lipinski definition) is 10. The van der Waals surface area contributed by atoms with Crippen LogP contribution in [-0.2, 0) is 28.6 Å². The lowest BCUT2D eigenvalue weighted by Gasteiger charge is -2.45. The number of amides is 1. The zero-order valence-corrected chi connectivity index (χ0v) is 34.0. The standard InChI is InChI=1S/C50H94N2O8S/c1-7-10-12-14-16-18-20-22-24-26-28-30-32-35-42(53)58-39(4)44(51-49(57)41-37-40(34-9-3)38-52(41)5)47-45(55)46(56)48(50(60-47)61-6)59-43(54)36-33-31-29-27-25-23-21-19-17-15-13-11-8-2/h39-41,44-48,50,55-56H,7-38H2,1-6H3,(H,51,57)/t39-,40+,41?,44+,45+,46?,47+,48-,50+/m0/s1/i1D3,2D3,7D2,8D2,10D2,11D2,12D2,13D2,14D2,15D2,16D2,17D2,18D2,19D2,20D2,21D2,22D2,23D2,24D2,25D2,26D2,27D2,28D2,29D2,30D2,31D2,32D2,33D2,35D2,36D2. The minimum absolute atomic E-state index is 0.0141. The lowest BCUT2D eigenvalue weighted by Crippen LogP contribution is -2.66. The maximum Gasteiger partial charge on any atom is 0.306 e. The third-order valence-corrected chi connectivity index (χ3v) is 8.83. The van der Waals surface area contributed by atoms with Crippen molar-refractivity contribution >= 4 is 29.6 Å². The first kappa shape index (κ1) is 13.6. The number of hydrogen-bond donors (Lipinski definition) is 3. The zero-order chi connectivity index (χ0) is 99.9. The fraction of sp³-hybridized carbons (Fsp3) is 0.940. The number of thioether (sulfide) groups is 1. The summed E-state index contributed by atoms with van der Waals surface area (Å²) in [6.45, 7) is -5.98. The molecule has 0 aromatic carbocycles. The molecule has 0 bridgehead atoms. The summed E-state index contributed by atoms with van der Waals surface area (Å²) in [5.74, 6) is -7.07. The van der Waals surface area contributed by atoms with E-state index in [1.165, 1.54) is 11.9 Å². The van der Waals surface area contributed by atoms with Gasteiger partial charge in [0.25, 0.3) is 0 Å². The molecule has 11 heteroatoms. The average molecular weight is 946 g/mol. The highest BCUT2D eigenvalue weighted by Crippen LogP contribution is 2.33. The summed E-state index contributed by atoms with van der Waals surface area (Å²) in [5, 5.41) is 26.1. The molecule has 358 valence electrons. The molecule has 10 nitrogen and oxygen atoms in total. The normalized spacial score (nSPS) is 46.2. The van der Waals surface area contributed by atoms with Crippen LogP contribution in [0.4, 0.5) is 0 Å². The number of esters is 2. The maximum atomic E-state index is 14.4. The second-order valence-electron chi connectivity index (χ2n) is 12.0. The fourth-order valence-corrected chi connectivity index (χ4v) is 6.23. The van der Waals surface area contributed by atoms with E-state index in [-0.39, 0.29) is 30.6 Å². The van der Waals surface area contributed by atoms with Crippen LogP contribution in [0.25, 0.3) is 0 Å². The molecule has 9 atom stereocenters. The van der Waals surface area contributed by atoms with Crippen molar-refractivity contribution in [3.63, 3.8) is 0 Å². The molecule has 0 aromatic heterocycles. The number of rotatable bonds is 37. The first-order chi connectivity index (χ1) is 52.9. The Hall–Kier alpha value is -1.40. The van der Waals surface area contributed by atoms with Crippen molar-refractivity contribution < 1.29 is 124 Å². The van der Waals surface area contributed by atoms with E-state index in [0.29, 0.717) is 19.8 Å². The van der Waals surface area contributed by atoms with Crippen LogP contribution in [-0.4, -0.2) is 101 Å². The molecule has 2 heterocycles. The molecule has 2 aliphatic heterocycles. The van der Waals surface area contributed by atoms with E-state index in [1.54, 1.807) is 6.92 Å². The van der Waals surface area contributed by atoms with Crippen molar-refractivity contribution in [2.24, 2.45) is 5.92 Å². The molecule has 2 rings (SSSR count). The molecular weight excluding hydrogens is 789 g/mol. The summed E-state index contributed by atoms with van der Waals surface area (Å²) in [7, 11) is 1.40. The molecule has 0 spiro atoms. The number of carbonyl (C=O) groups is 3. The highest BCUT2D eigenvalue weighted by Gasteiger charge is 2.51. The van der Waals surface area contributed by atoms with Crippen molar-refractivity contribution in [1.82, 2.24) is 10.2 Å².